The van der Waals surface area contributed by atoms with E-state index in [1.54, 1.807) is 16.9 Å². The van der Waals surface area contributed by atoms with Crippen LogP contribution in [0, 0.1) is 11.6 Å². The lowest BCUT2D eigenvalue weighted by Gasteiger charge is -2.14. The molecule has 4 nitrogen and oxygen atoms in total. The number of halogens is 2. The lowest BCUT2D eigenvalue weighted by atomic mass is 10.2. The highest BCUT2D eigenvalue weighted by Crippen LogP contribution is 2.17. The number of nitrogens with one attached hydrogen (secondary N) is 1. The maximum Gasteiger partial charge on any atom is 0.256 e. The quantitative estimate of drug-likeness (QED) is 0.932. The van der Waals surface area contributed by atoms with E-state index in [9.17, 15) is 13.6 Å². The maximum absolute atomic E-state index is 13.1. The fourth-order valence-corrected chi connectivity index (χ4v) is 1.76. The summed E-state index contributed by atoms with van der Waals surface area (Å²) in [4.78, 5) is 12.0. The minimum Gasteiger partial charge on any atom is -0.307 e. The third-order valence-corrected chi connectivity index (χ3v) is 3.10. The van der Waals surface area contributed by atoms with Crippen molar-refractivity contribution in [1.29, 1.82) is 0 Å². The SMILES string of the molecule is CCC(C)n1nccc1NC(=O)c1ccc(F)c(F)c1. The first-order valence-electron chi connectivity index (χ1n) is 6.32. The van der Waals surface area contributed by atoms with Gasteiger partial charge < -0.3 is 5.32 Å². The number of hydrogen-bond acceptors (Lipinski definition) is 2. The molecule has 1 aromatic carbocycles. The second-order valence-corrected chi connectivity index (χ2v) is 4.50. The Balaban J connectivity index is 2.19. The number of hydrogen-bond donors (Lipinski definition) is 1. The Morgan fingerprint density at radius 3 is 2.75 bits per heavy atom. The summed E-state index contributed by atoms with van der Waals surface area (Å²) in [6.45, 7) is 3.98. The van der Waals surface area contributed by atoms with E-state index in [0.29, 0.717) is 5.82 Å². The Morgan fingerprint density at radius 1 is 1.35 bits per heavy atom. The van der Waals surface area contributed by atoms with E-state index < -0.39 is 17.5 Å². The Hall–Kier alpha value is -2.24. The second kappa shape index (κ2) is 5.81. The van der Waals surface area contributed by atoms with Crippen molar-refractivity contribution in [3.05, 3.63) is 47.7 Å². The average molecular weight is 279 g/mol. The maximum atomic E-state index is 13.1. The van der Waals surface area contributed by atoms with Gasteiger partial charge in [0.15, 0.2) is 11.6 Å². The van der Waals surface area contributed by atoms with E-state index in [1.165, 1.54) is 6.07 Å². The van der Waals surface area contributed by atoms with E-state index in [0.717, 1.165) is 18.6 Å². The minimum atomic E-state index is -1.05. The van der Waals surface area contributed by atoms with Gasteiger partial charge in [0, 0.05) is 11.6 Å². The molecule has 2 rings (SSSR count). The number of carbonyl (C=O) groups excluding carboxylic acids is 1. The number of rotatable bonds is 4. The average Bonchev–Trinajstić information content (AvgIpc) is 2.89. The van der Waals surface area contributed by atoms with Gasteiger partial charge in [-0.25, -0.2) is 13.5 Å². The first kappa shape index (κ1) is 14.2. The van der Waals surface area contributed by atoms with Crippen LogP contribution in [-0.4, -0.2) is 15.7 Å². The molecular weight excluding hydrogens is 264 g/mol. The summed E-state index contributed by atoms with van der Waals surface area (Å²) in [6, 6.07) is 4.82. The molecule has 1 unspecified atom stereocenters. The van der Waals surface area contributed by atoms with E-state index in [2.05, 4.69) is 10.4 Å². The van der Waals surface area contributed by atoms with Crippen LogP contribution in [0.15, 0.2) is 30.5 Å². The fourth-order valence-electron chi connectivity index (χ4n) is 1.76. The van der Waals surface area contributed by atoms with Gasteiger partial charge >= 0.3 is 0 Å². The number of carbonyl (C=O) groups is 1. The van der Waals surface area contributed by atoms with Gasteiger partial charge in [-0.15, -0.1) is 0 Å². The van der Waals surface area contributed by atoms with Gasteiger partial charge in [-0.05, 0) is 31.5 Å². The van der Waals surface area contributed by atoms with Crippen molar-refractivity contribution in [2.24, 2.45) is 0 Å². The number of amides is 1. The number of aromatic nitrogens is 2. The van der Waals surface area contributed by atoms with Crippen LogP contribution in [0.3, 0.4) is 0 Å². The predicted molar refractivity (Wildman–Crippen MR) is 71.5 cm³/mol. The molecule has 1 heterocycles. The summed E-state index contributed by atoms with van der Waals surface area (Å²) in [5.74, 6) is -2.01. The number of nitrogens with zero attached hydrogens (tertiary/aromatic N) is 2. The number of benzene rings is 1. The first-order chi connectivity index (χ1) is 9.52. The van der Waals surface area contributed by atoms with E-state index in [1.807, 2.05) is 13.8 Å². The summed E-state index contributed by atoms with van der Waals surface area (Å²) < 4.78 is 27.6. The second-order valence-electron chi connectivity index (χ2n) is 4.50. The Bertz CT molecular complexity index is 625. The molecule has 106 valence electrons. The molecule has 0 bridgehead atoms. The molecule has 0 fully saturated rings. The van der Waals surface area contributed by atoms with Crippen LogP contribution >= 0.6 is 0 Å². The molecule has 20 heavy (non-hydrogen) atoms. The summed E-state index contributed by atoms with van der Waals surface area (Å²) >= 11 is 0. The number of anilines is 1. The van der Waals surface area contributed by atoms with Crippen molar-refractivity contribution >= 4 is 11.7 Å². The molecule has 0 aliphatic rings. The molecule has 0 spiro atoms. The smallest absolute Gasteiger partial charge is 0.256 e. The lowest BCUT2D eigenvalue weighted by molar-refractivity contribution is 0.102. The molecule has 0 saturated heterocycles. The molecule has 1 aromatic heterocycles. The predicted octanol–water partition coefficient (Wildman–Crippen LogP) is 3.38. The van der Waals surface area contributed by atoms with E-state index in [4.69, 9.17) is 0 Å². The first-order valence-corrected chi connectivity index (χ1v) is 6.32. The topological polar surface area (TPSA) is 46.9 Å². The van der Waals surface area contributed by atoms with Gasteiger partial charge in [-0.2, -0.15) is 5.10 Å². The van der Waals surface area contributed by atoms with Crippen LogP contribution in [0.1, 0.15) is 36.7 Å². The summed E-state index contributed by atoms with van der Waals surface area (Å²) in [5.41, 5.74) is 0.0563. The molecule has 0 aliphatic carbocycles. The van der Waals surface area contributed by atoms with Gasteiger partial charge in [-0.1, -0.05) is 6.92 Å². The Labute approximate surface area is 115 Å². The third-order valence-electron chi connectivity index (χ3n) is 3.10. The molecule has 0 saturated carbocycles. The Kier molecular flexibility index (Phi) is 4.12. The van der Waals surface area contributed by atoms with Crippen LogP contribution in [-0.2, 0) is 0 Å². The molecule has 1 N–H and O–H groups in total. The van der Waals surface area contributed by atoms with Gasteiger partial charge in [0.1, 0.15) is 5.82 Å². The van der Waals surface area contributed by atoms with Crippen LogP contribution < -0.4 is 5.32 Å². The van der Waals surface area contributed by atoms with Crippen LogP contribution in [0.4, 0.5) is 14.6 Å². The molecular formula is C14H15F2N3O. The van der Waals surface area contributed by atoms with Gasteiger partial charge in [0.2, 0.25) is 0 Å². The van der Waals surface area contributed by atoms with Gasteiger partial charge in [0.25, 0.3) is 5.91 Å². The largest absolute Gasteiger partial charge is 0.307 e. The molecule has 2 aromatic rings. The highest BCUT2D eigenvalue weighted by Gasteiger charge is 2.14. The molecule has 6 heteroatoms. The highest BCUT2D eigenvalue weighted by atomic mass is 19.2. The van der Waals surface area contributed by atoms with Crippen molar-refractivity contribution in [3.63, 3.8) is 0 Å². The zero-order valence-electron chi connectivity index (χ0n) is 11.2. The van der Waals surface area contributed by atoms with Crippen LogP contribution in [0.25, 0.3) is 0 Å². The highest BCUT2D eigenvalue weighted by molar-refractivity contribution is 6.03. The summed E-state index contributed by atoms with van der Waals surface area (Å²) in [6.07, 6.45) is 2.43. The minimum absolute atomic E-state index is 0.0563. The fraction of sp³-hybridized carbons (Fsp3) is 0.286. The van der Waals surface area contributed by atoms with Crippen LogP contribution in [0.5, 0.6) is 0 Å². The summed E-state index contributed by atoms with van der Waals surface area (Å²) in [5, 5.41) is 6.77. The normalized spacial score (nSPS) is 12.2. The molecule has 1 atom stereocenters. The molecule has 0 radical (unpaired) electrons. The van der Waals surface area contributed by atoms with Crippen molar-refractivity contribution in [1.82, 2.24) is 9.78 Å². The zero-order chi connectivity index (χ0) is 14.7. The van der Waals surface area contributed by atoms with E-state index in [-0.39, 0.29) is 11.6 Å². The lowest BCUT2D eigenvalue weighted by Crippen LogP contribution is -2.17. The van der Waals surface area contributed by atoms with Crippen molar-refractivity contribution in [2.45, 2.75) is 26.3 Å². The van der Waals surface area contributed by atoms with Crippen molar-refractivity contribution < 1.29 is 13.6 Å². The third kappa shape index (κ3) is 2.84. The molecule has 0 aliphatic heterocycles. The zero-order valence-corrected chi connectivity index (χ0v) is 11.2. The molecule has 1 amide bonds. The van der Waals surface area contributed by atoms with Crippen LogP contribution in [0.2, 0.25) is 0 Å². The monoisotopic (exact) mass is 279 g/mol. The Morgan fingerprint density at radius 2 is 2.10 bits per heavy atom. The van der Waals surface area contributed by atoms with E-state index >= 15 is 0 Å². The van der Waals surface area contributed by atoms with Crippen molar-refractivity contribution in [3.8, 4) is 0 Å². The van der Waals surface area contributed by atoms with Gasteiger partial charge in [0.05, 0.1) is 12.2 Å². The van der Waals surface area contributed by atoms with Gasteiger partial charge in [-0.3, -0.25) is 4.79 Å². The summed E-state index contributed by atoms with van der Waals surface area (Å²) in [7, 11) is 0. The standard InChI is InChI=1S/C14H15F2N3O/c1-3-9(2)19-13(6-7-17-19)18-14(20)10-4-5-11(15)12(16)8-10/h4-9H,3H2,1-2H3,(H,18,20). The van der Waals surface area contributed by atoms with Crippen molar-refractivity contribution in [2.75, 3.05) is 5.32 Å².